The predicted octanol–water partition coefficient (Wildman–Crippen LogP) is 2.53. The summed E-state index contributed by atoms with van der Waals surface area (Å²) in [5, 5.41) is 5.84. The van der Waals surface area contributed by atoms with Gasteiger partial charge in [0.25, 0.3) is 0 Å². The van der Waals surface area contributed by atoms with E-state index in [-0.39, 0.29) is 5.91 Å². The number of carbonyl (C=O) groups is 2. The Balaban J connectivity index is 0.000000595. The van der Waals surface area contributed by atoms with Gasteiger partial charge in [-0.2, -0.15) is 0 Å². The van der Waals surface area contributed by atoms with Crippen molar-refractivity contribution in [1.82, 2.24) is 10.6 Å². The van der Waals surface area contributed by atoms with E-state index >= 15 is 0 Å². The third-order valence-electron chi connectivity index (χ3n) is 5.98. The number of fused-ring (bicyclic) bond motifs is 5. The van der Waals surface area contributed by atoms with Crippen LogP contribution in [0.15, 0.2) is 25.3 Å². The van der Waals surface area contributed by atoms with Gasteiger partial charge in [-0.05, 0) is 74.2 Å². The van der Waals surface area contributed by atoms with E-state index in [1.807, 2.05) is 6.92 Å². The molecule has 0 heterocycles. The highest BCUT2D eigenvalue weighted by atomic mass is 16.1. The molecule has 0 aromatic carbocycles. The first-order chi connectivity index (χ1) is 11.2. The zero-order valence-electron chi connectivity index (χ0n) is 14.2. The maximum absolute atomic E-state index is 11.3. The number of hydrogen-bond acceptors (Lipinski definition) is 2. The number of amides is 2. The van der Waals surface area contributed by atoms with Crippen molar-refractivity contribution in [2.24, 2.45) is 35.5 Å². The Kier molecular flexibility index (Phi) is 6.43. The standard InChI is InChI=1S/C16H24N2O2.C3H6/c1-2-15(20)18-8-12-5-11-6-14(12)13-4-3-10(16(11)13)7-17-9-19;1-3-2/h2,9-14,16H,1,3-8H2,(H,17,19)(H,18,20);3H,1H2,2H3. The van der Waals surface area contributed by atoms with Crippen molar-refractivity contribution in [1.29, 1.82) is 0 Å². The molecule has 23 heavy (non-hydrogen) atoms. The summed E-state index contributed by atoms with van der Waals surface area (Å²) in [5.41, 5.74) is 0. The predicted molar refractivity (Wildman–Crippen MR) is 92.6 cm³/mol. The van der Waals surface area contributed by atoms with Gasteiger partial charge in [0.05, 0.1) is 0 Å². The Labute approximate surface area is 139 Å². The van der Waals surface area contributed by atoms with Crippen LogP contribution < -0.4 is 10.6 Å². The SMILES string of the molecule is C=CC.C=CC(=O)NCC1CC2CC1C1CCC(CNC=O)C21. The van der Waals surface area contributed by atoms with Crippen molar-refractivity contribution in [3.8, 4) is 0 Å². The molecule has 0 aromatic heterocycles. The molecule has 128 valence electrons. The molecule has 2 bridgehead atoms. The minimum atomic E-state index is -0.0520. The first-order valence-corrected chi connectivity index (χ1v) is 8.80. The van der Waals surface area contributed by atoms with Crippen LogP contribution in [0.4, 0.5) is 0 Å². The number of rotatable bonds is 6. The van der Waals surface area contributed by atoms with E-state index in [2.05, 4.69) is 23.8 Å². The molecule has 0 aliphatic heterocycles. The summed E-state index contributed by atoms with van der Waals surface area (Å²) in [6, 6.07) is 0. The van der Waals surface area contributed by atoms with E-state index in [4.69, 9.17) is 0 Å². The fourth-order valence-corrected chi connectivity index (χ4v) is 5.39. The summed E-state index contributed by atoms with van der Waals surface area (Å²) in [5.74, 6) is 4.54. The average molecular weight is 318 g/mol. The summed E-state index contributed by atoms with van der Waals surface area (Å²) in [6.45, 7) is 10.4. The Morgan fingerprint density at radius 2 is 1.87 bits per heavy atom. The Hall–Kier alpha value is -1.58. The van der Waals surface area contributed by atoms with Crippen LogP contribution in [0.5, 0.6) is 0 Å². The number of allylic oxidation sites excluding steroid dienone is 1. The molecule has 2 amide bonds. The highest BCUT2D eigenvalue weighted by molar-refractivity contribution is 5.86. The van der Waals surface area contributed by atoms with Crippen LogP contribution in [0, 0.1) is 35.5 Å². The smallest absolute Gasteiger partial charge is 0.243 e. The molecule has 4 heteroatoms. The van der Waals surface area contributed by atoms with Crippen LogP contribution in [0.2, 0.25) is 0 Å². The molecule has 6 atom stereocenters. The molecule has 4 nitrogen and oxygen atoms in total. The molecule has 3 rings (SSSR count). The second-order valence-electron chi connectivity index (χ2n) is 7.12. The van der Waals surface area contributed by atoms with Crippen molar-refractivity contribution in [2.45, 2.75) is 32.6 Å². The maximum atomic E-state index is 11.3. The Morgan fingerprint density at radius 1 is 1.13 bits per heavy atom. The average Bonchev–Trinajstić information content (AvgIpc) is 3.23. The van der Waals surface area contributed by atoms with E-state index in [9.17, 15) is 9.59 Å². The molecule has 0 radical (unpaired) electrons. The van der Waals surface area contributed by atoms with Gasteiger partial charge in [-0.1, -0.05) is 12.7 Å². The van der Waals surface area contributed by atoms with E-state index in [1.165, 1.54) is 31.8 Å². The first kappa shape index (κ1) is 17.8. The fraction of sp³-hybridized carbons (Fsp3) is 0.684. The van der Waals surface area contributed by atoms with Crippen LogP contribution in [-0.4, -0.2) is 25.4 Å². The van der Waals surface area contributed by atoms with Crippen LogP contribution in [0.3, 0.4) is 0 Å². The van der Waals surface area contributed by atoms with E-state index < -0.39 is 0 Å². The third kappa shape index (κ3) is 3.85. The van der Waals surface area contributed by atoms with Crippen molar-refractivity contribution >= 4 is 12.3 Å². The quantitative estimate of drug-likeness (QED) is 0.449. The minimum absolute atomic E-state index is 0.0520. The molecular formula is C19H30N2O2. The highest BCUT2D eigenvalue weighted by Crippen LogP contribution is 2.62. The molecule has 3 aliphatic carbocycles. The van der Waals surface area contributed by atoms with Crippen LogP contribution >= 0.6 is 0 Å². The van der Waals surface area contributed by atoms with Gasteiger partial charge in [0.1, 0.15) is 0 Å². The second kappa shape index (κ2) is 8.32. The molecule has 0 spiro atoms. The van der Waals surface area contributed by atoms with Crippen molar-refractivity contribution in [3.05, 3.63) is 25.3 Å². The zero-order valence-corrected chi connectivity index (χ0v) is 14.2. The van der Waals surface area contributed by atoms with Gasteiger partial charge in [0.15, 0.2) is 0 Å². The van der Waals surface area contributed by atoms with Crippen molar-refractivity contribution in [2.75, 3.05) is 13.1 Å². The highest BCUT2D eigenvalue weighted by Gasteiger charge is 2.56. The first-order valence-electron chi connectivity index (χ1n) is 8.80. The van der Waals surface area contributed by atoms with Gasteiger partial charge in [0, 0.05) is 13.1 Å². The van der Waals surface area contributed by atoms with Crippen LogP contribution in [0.1, 0.15) is 32.6 Å². The van der Waals surface area contributed by atoms with Crippen LogP contribution in [0.25, 0.3) is 0 Å². The lowest BCUT2D eigenvalue weighted by atomic mass is 9.73. The summed E-state index contributed by atoms with van der Waals surface area (Å²) in [4.78, 5) is 21.8. The molecule has 0 saturated heterocycles. The maximum Gasteiger partial charge on any atom is 0.243 e. The largest absolute Gasteiger partial charge is 0.358 e. The lowest BCUT2D eigenvalue weighted by Gasteiger charge is -2.34. The lowest BCUT2D eigenvalue weighted by Crippen LogP contribution is -2.36. The van der Waals surface area contributed by atoms with Gasteiger partial charge < -0.3 is 10.6 Å². The van der Waals surface area contributed by atoms with E-state index in [0.29, 0.717) is 11.8 Å². The normalized spacial score (nSPS) is 36.4. The molecule has 3 aliphatic rings. The lowest BCUT2D eigenvalue weighted by molar-refractivity contribution is -0.116. The van der Waals surface area contributed by atoms with E-state index in [0.717, 1.165) is 43.2 Å². The molecule has 0 aromatic rings. The van der Waals surface area contributed by atoms with Gasteiger partial charge in [-0.3, -0.25) is 9.59 Å². The minimum Gasteiger partial charge on any atom is -0.358 e. The fourth-order valence-electron chi connectivity index (χ4n) is 5.39. The zero-order chi connectivity index (χ0) is 16.8. The molecule has 3 fully saturated rings. The van der Waals surface area contributed by atoms with Gasteiger partial charge in [-0.15, -0.1) is 6.58 Å². The monoisotopic (exact) mass is 318 g/mol. The Morgan fingerprint density at radius 3 is 2.52 bits per heavy atom. The number of carbonyl (C=O) groups excluding carboxylic acids is 2. The van der Waals surface area contributed by atoms with Gasteiger partial charge in [0.2, 0.25) is 12.3 Å². The molecule has 2 N–H and O–H groups in total. The molecule has 6 unspecified atom stereocenters. The molecular weight excluding hydrogens is 288 g/mol. The summed E-state index contributed by atoms with van der Waals surface area (Å²) in [6.07, 6.45) is 9.08. The Bertz CT molecular complexity index is 449. The second-order valence-corrected chi connectivity index (χ2v) is 7.12. The summed E-state index contributed by atoms with van der Waals surface area (Å²) in [7, 11) is 0. The molecule has 3 saturated carbocycles. The van der Waals surface area contributed by atoms with Crippen LogP contribution in [-0.2, 0) is 9.59 Å². The number of nitrogens with one attached hydrogen (secondary N) is 2. The third-order valence-corrected chi connectivity index (χ3v) is 5.98. The van der Waals surface area contributed by atoms with Crippen molar-refractivity contribution < 1.29 is 9.59 Å². The summed E-state index contributed by atoms with van der Waals surface area (Å²) >= 11 is 0. The van der Waals surface area contributed by atoms with Gasteiger partial charge in [-0.25, -0.2) is 0 Å². The number of hydrogen-bond donors (Lipinski definition) is 2. The van der Waals surface area contributed by atoms with E-state index in [1.54, 1.807) is 6.08 Å². The topological polar surface area (TPSA) is 58.2 Å². The van der Waals surface area contributed by atoms with Crippen molar-refractivity contribution in [3.63, 3.8) is 0 Å². The van der Waals surface area contributed by atoms with Gasteiger partial charge >= 0.3 is 0 Å². The summed E-state index contributed by atoms with van der Waals surface area (Å²) < 4.78 is 0.